The number of amides is 1. The molecule has 0 aliphatic heterocycles. The van der Waals surface area contributed by atoms with Gasteiger partial charge in [-0.15, -0.1) is 21.5 Å². The standard InChI is InChI=1S/C20H14FN5O5S/c1-9(27)13-7-6-12(32-13)8-26-24-14(18(22)28)15(25-26)19-23-16(20(29)30)17(31-19)10-2-4-11(21)5-3-10/h2-7H,8H2,1H3,(H2,22,28)(H,29,30). The van der Waals surface area contributed by atoms with Crippen LogP contribution < -0.4 is 5.73 Å². The first-order chi connectivity index (χ1) is 15.2. The summed E-state index contributed by atoms with van der Waals surface area (Å²) in [7, 11) is 0. The molecule has 1 aromatic carbocycles. The Bertz CT molecular complexity index is 1360. The van der Waals surface area contributed by atoms with Gasteiger partial charge in [0.1, 0.15) is 5.82 Å². The molecule has 162 valence electrons. The molecule has 0 saturated carbocycles. The first-order valence-electron chi connectivity index (χ1n) is 9.08. The summed E-state index contributed by atoms with van der Waals surface area (Å²) in [4.78, 5) is 41.5. The Hall–Kier alpha value is -4.19. The highest BCUT2D eigenvalue weighted by Gasteiger charge is 2.27. The summed E-state index contributed by atoms with van der Waals surface area (Å²) in [5.74, 6) is -3.31. The van der Waals surface area contributed by atoms with Gasteiger partial charge in [-0.2, -0.15) is 9.78 Å². The summed E-state index contributed by atoms with van der Waals surface area (Å²) in [5.41, 5.74) is 4.83. The number of carboxylic acids is 1. The van der Waals surface area contributed by atoms with Crippen molar-refractivity contribution in [2.45, 2.75) is 13.5 Å². The molecule has 4 rings (SSSR count). The Morgan fingerprint density at radius 1 is 1.12 bits per heavy atom. The Morgan fingerprint density at radius 2 is 1.84 bits per heavy atom. The zero-order valence-electron chi connectivity index (χ0n) is 16.4. The van der Waals surface area contributed by atoms with E-state index < -0.39 is 23.4 Å². The molecule has 0 spiro atoms. The maximum Gasteiger partial charge on any atom is 0.358 e. The molecule has 0 saturated heterocycles. The fourth-order valence-corrected chi connectivity index (χ4v) is 3.76. The van der Waals surface area contributed by atoms with Gasteiger partial charge in [-0.3, -0.25) is 9.59 Å². The van der Waals surface area contributed by atoms with Gasteiger partial charge < -0.3 is 15.3 Å². The maximum atomic E-state index is 13.2. The lowest BCUT2D eigenvalue weighted by Crippen LogP contribution is -2.13. The minimum atomic E-state index is -1.39. The van der Waals surface area contributed by atoms with Gasteiger partial charge in [0.15, 0.2) is 28.6 Å². The first kappa shape index (κ1) is 21.1. The van der Waals surface area contributed by atoms with Crippen molar-refractivity contribution in [3.63, 3.8) is 0 Å². The summed E-state index contributed by atoms with van der Waals surface area (Å²) in [6.45, 7) is 1.59. The van der Waals surface area contributed by atoms with Gasteiger partial charge >= 0.3 is 5.97 Å². The van der Waals surface area contributed by atoms with Gasteiger partial charge in [0.2, 0.25) is 0 Å². The Labute approximate surface area is 183 Å². The highest BCUT2D eigenvalue weighted by molar-refractivity contribution is 7.14. The molecule has 3 N–H and O–H groups in total. The number of hydrogen-bond acceptors (Lipinski definition) is 8. The average Bonchev–Trinajstić information content (AvgIpc) is 3.46. The van der Waals surface area contributed by atoms with Crippen molar-refractivity contribution in [1.29, 1.82) is 0 Å². The molecule has 0 aliphatic rings. The number of Topliss-reactive ketones (excluding diaryl/α,β-unsaturated/α-hetero) is 1. The van der Waals surface area contributed by atoms with Crippen LogP contribution in [0.5, 0.6) is 0 Å². The van der Waals surface area contributed by atoms with Crippen molar-refractivity contribution >= 4 is 29.0 Å². The molecule has 32 heavy (non-hydrogen) atoms. The normalized spacial score (nSPS) is 10.9. The maximum absolute atomic E-state index is 13.2. The molecule has 0 unspecified atom stereocenters. The lowest BCUT2D eigenvalue weighted by atomic mass is 10.1. The summed E-state index contributed by atoms with van der Waals surface area (Å²) in [6.07, 6.45) is 0. The van der Waals surface area contributed by atoms with E-state index in [2.05, 4.69) is 15.2 Å². The second-order valence-electron chi connectivity index (χ2n) is 6.62. The number of carboxylic acid groups (broad SMARTS) is 1. The molecular weight excluding hydrogens is 441 g/mol. The van der Waals surface area contributed by atoms with Crippen LogP contribution in [0.25, 0.3) is 22.9 Å². The molecule has 0 radical (unpaired) electrons. The van der Waals surface area contributed by atoms with Crippen molar-refractivity contribution in [2.75, 3.05) is 0 Å². The van der Waals surface area contributed by atoms with Gasteiger partial charge in [-0.1, -0.05) is 0 Å². The molecular formula is C20H14FN5O5S. The third-order valence-electron chi connectivity index (χ3n) is 4.33. The Balaban J connectivity index is 1.76. The second-order valence-corrected chi connectivity index (χ2v) is 7.79. The molecule has 1 amide bonds. The summed E-state index contributed by atoms with van der Waals surface area (Å²) in [5, 5.41) is 17.8. The van der Waals surface area contributed by atoms with E-state index in [0.717, 1.165) is 17.0 Å². The van der Waals surface area contributed by atoms with Crippen LogP contribution in [-0.2, 0) is 6.54 Å². The quantitative estimate of drug-likeness (QED) is 0.403. The smallest absolute Gasteiger partial charge is 0.358 e. The molecule has 0 atom stereocenters. The number of carbonyl (C=O) groups is 3. The highest BCUT2D eigenvalue weighted by Crippen LogP contribution is 2.30. The number of ketones is 1. The molecule has 0 aliphatic carbocycles. The lowest BCUT2D eigenvalue weighted by molar-refractivity contribution is 0.0691. The minimum Gasteiger partial charge on any atom is -0.476 e. The van der Waals surface area contributed by atoms with Crippen molar-refractivity contribution < 1.29 is 28.3 Å². The van der Waals surface area contributed by atoms with Crippen LogP contribution in [0.4, 0.5) is 4.39 Å². The Kier molecular flexibility index (Phi) is 5.36. The van der Waals surface area contributed by atoms with Gasteiger partial charge in [-0.25, -0.2) is 9.18 Å². The average molecular weight is 455 g/mol. The van der Waals surface area contributed by atoms with Crippen LogP contribution in [-0.4, -0.2) is 42.7 Å². The SMILES string of the molecule is CC(=O)c1ccc(Cn2nc(C(N)=O)c(-c3nc(C(=O)O)c(-c4ccc(F)cc4)o3)n2)s1. The number of aromatic carboxylic acids is 1. The summed E-state index contributed by atoms with van der Waals surface area (Å²) in [6, 6.07) is 8.36. The van der Waals surface area contributed by atoms with Crippen LogP contribution in [0.3, 0.4) is 0 Å². The number of oxazole rings is 1. The molecule has 12 heteroatoms. The molecule has 4 aromatic rings. The summed E-state index contributed by atoms with van der Waals surface area (Å²) >= 11 is 1.25. The van der Waals surface area contributed by atoms with E-state index in [1.165, 1.54) is 35.2 Å². The van der Waals surface area contributed by atoms with E-state index in [1.54, 1.807) is 12.1 Å². The number of carbonyl (C=O) groups excluding carboxylic acids is 2. The van der Waals surface area contributed by atoms with Crippen molar-refractivity contribution in [3.05, 3.63) is 63.4 Å². The lowest BCUT2D eigenvalue weighted by Gasteiger charge is -1.97. The van der Waals surface area contributed by atoms with E-state index in [1.807, 2.05) is 0 Å². The molecule has 10 nitrogen and oxygen atoms in total. The number of hydrogen-bond donors (Lipinski definition) is 2. The third-order valence-corrected chi connectivity index (χ3v) is 5.50. The number of thiophene rings is 1. The summed E-state index contributed by atoms with van der Waals surface area (Å²) < 4.78 is 18.8. The van der Waals surface area contributed by atoms with Crippen LogP contribution in [0.1, 0.15) is 42.4 Å². The van der Waals surface area contributed by atoms with Gasteiger partial charge in [0.05, 0.1) is 11.4 Å². The zero-order chi connectivity index (χ0) is 23.0. The number of primary amides is 1. The van der Waals surface area contributed by atoms with E-state index in [0.29, 0.717) is 4.88 Å². The molecule has 0 fully saturated rings. The predicted molar refractivity (Wildman–Crippen MR) is 110 cm³/mol. The van der Waals surface area contributed by atoms with Crippen molar-refractivity contribution in [1.82, 2.24) is 20.0 Å². The number of halogens is 1. The van der Waals surface area contributed by atoms with E-state index in [4.69, 9.17) is 10.2 Å². The Morgan fingerprint density at radius 3 is 2.44 bits per heavy atom. The minimum absolute atomic E-state index is 0.0810. The fourth-order valence-electron chi connectivity index (χ4n) is 2.88. The molecule has 3 heterocycles. The fraction of sp³-hybridized carbons (Fsp3) is 0.100. The van der Waals surface area contributed by atoms with Crippen molar-refractivity contribution in [2.24, 2.45) is 5.73 Å². The number of aromatic nitrogens is 4. The van der Waals surface area contributed by atoms with Crippen LogP contribution >= 0.6 is 11.3 Å². The van der Waals surface area contributed by atoms with Crippen LogP contribution in [0, 0.1) is 5.82 Å². The van der Waals surface area contributed by atoms with Gasteiger partial charge in [-0.05, 0) is 43.3 Å². The largest absolute Gasteiger partial charge is 0.476 e. The van der Waals surface area contributed by atoms with Crippen LogP contribution in [0.15, 0.2) is 40.8 Å². The number of nitrogens with two attached hydrogens (primary N) is 1. The van der Waals surface area contributed by atoms with Crippen LogP contribution in [0.2, 0.25) is 0 Å². The van der Waals surface area contributed by atoms with Gasteiger partial charge in [0.25, 0.3) is 11.8 Å². The first-order valence-corrected chi connectivity index (χ1v) is 9.89. The van der Waals surface area contributed by atoms with E-state index in [-0.39, 0.29) is 40.9 Å². The zero-order valence-corrected chi connectivity index (χ0v) is 17.2. The van der Waals surface area contributed by atoms with E-state index >= 15 is 0 Å². The highest BCUT2D eigenvalue weighted by atomic mass is 32.1. The molecule has 3 aromatic heterocycles. The van der Waals surface area contributed by atoms with E-state index in [9.17, 15) is 23.9 Å². The third kappa shape index (κ3) is 4.03. The number of rotatable bonds is 7. The predicted octanol–water partition coefficient (Wildman–Crippen LogP) is 2.85. The second kappa shape index (κ2) is 8.15. The topological polar surface area (TPSA) is 154 Å². The van der Waals surface area contributed by atoms with Gasteiger partial charge in [0, 0.05) is 10.4 Å². The molecule has 0 bridgehead atoms. The number of benzene rings is 1. The van der Waals surface area contributed by atoms with Crippen molar-refractivity contribution in [3.8, 4) is 22.9 Å². The monoisotopic (exact) mass is 455 g/mol. The number of nitrogens with zero attached hydrogens (tertiary/aromatic N) is 4.